The summed E-state index contributed by atoms with van der Waals surface area (Å²) in [7, 11) is 3.57. The van der Waals surface area contributed by atoms with Crippen LogP contribution in [0.3, 0.4) is 0 Å². The van der Waals surface area contributed by atoms with Gasteiger partial charge in [-0.15, -0.1) is 0 Å². The molecule has 3 fully saturated rings. The second kappa shape index (κ2) is 6.92. The SMILES string of the molecule is COc1ccc(CN2N=CC=C3CCC4C(=O)N(C)NC5CCC(C54)C32)cc1. The Kier molecular flexibility index (Phi) is 4.38. The molecular weight excluding hydrogens is 352 g/mol. The predicted molar refractivity (Wildman–Crippen MR) is 108 cm³/mol. The van der Waals surface area contributed by atoms with Crippen molar-refractivity contribution in [3.05, 3.63) is 41.5 Å². The fourth-order valence-corrected chi connectivity index (χ4v) is 5.88. The summed E-state index contributed by atoms with van der Waals surface area (Å²) in [4.78, 5) is 12.9. The minimum atomic E-state index is 0.137. The van der Waals surface area contributed by atoms with E-state index in [1.165, 1.54) is 11.1 Å². The maximum Gasteiger partial charge on any atom is 0.239 e. The lowest BCUT2D eigenvalue weighted by atomic mass is 9.77. The molecule has 1 N–H and O–H groups in total. The number of benzene rings is 1. The molecule has 148 valence electrons. The molecule has 5 unspecified atom stereocenters. The zero-order chi connectivity index (χ0) is 19.3. The number of methoxy groups -OCH3 is 1. The van der Waals surface area contributed by atoms with Crippen molar-refractivity contribution in [1.29, 1.82) is 0 Å². The van der Waals surface area contributed by atoms with E-state index in [0.29, 0.717) is 23.9 Å². The summed E-state index contributed by atoms with van der Waals surface area (Å²) in [5.74, 6) is 2.15. The summed E-state index contributed by atoms with van der Waals surface area (Å²) in [5.41, 5.74) is 6.12. The van der Waals surface area contributed by atoms with Crippen molar-refractivity contribution in [2.45, 2.75) is 44.3 Å². The second-order valence-electron chi connectivity index (χ2n) is 8.49. The van der Waals surface area contributed by atoms with Gasteiger partial charge in [0.1, 0.15) is 5.75 Å². The Morgan fingerprint density at radius 3 is 2.82 bits per heavy atom. The molecule has 2 saturated carbocycles. The molecular formula is C22H28N4O2. The molecule has 6 nitrogen and oxygen atoms in total. The summed E-state index contributed by atoms with van der Waals surface area (Å²) in [6, 6.07) is 8.95. The van der Waals surface area contributed by atoms with Gasteiger partial charge in [0.05, 0.1) is 19.7 Å². The van der Waals surface area contributed by atoms with E-state index in [2.05, 4.69) is 28.6 Å². The van der Waals surface area contributed by atoms with Gasteiger partial charge < -0.3 is 4.74 Å². The van der Waals surface area contributed by atoms with Crippen LogP contribution in [0.4, 0.5) is 0 Å². The molecule has 2 heterocycles. The molecule has 28 heavy (non-hydrogen) atoms. The molecule has 6 heteroatoms. The first kappa shape index (κ1) is 17.7. The largest absolute Gasteiger partial charge is 0.497 e. The van der Waals surface area contributed by atoms with Gasteiger partial charge in [-0.25, -0.2) is 5.43 Å². The lowest BCUT2D eigenvalue weighted by Crippen LogP contribution is -2.59. The molecule has 0 radical (unpaired) electrons. The highest BCUT2D eigenvalue weighted by molar-refractivity contribution is 5.80. The zero-order valence-corrected chi connectivity index (χ0v) is 16.5. The number of hydrazine groups is 1. The van der Waals surface area contributed by atoms with Gasteiger partial charge in [-0.1, -0.05) is 12.1 Å². The van der Waals surface area contributed by atoms with Crippen LogP contribution in [0.15, 0.2) is 41.0 Å². The molecule has 5 atom stereocenters. The van der Waals surface area contributed by atoms with Crippen LogP contribution in [0.25, 0.3) is 0 Å². The zero-order valence-electron chi connectivity index (χ0n) is 16.5. The van der Waals surface area contributed by atoms with Crippen molar-refractivity contribution in [2.75, 3.05) is 14.2 Å². The second-order valence-corrected chi connectivity index (χ2v) is 8.49. The molecule has 1 aromatic rings. The van der Waals surface area contributed by atoms with E-state index in [1.54, 1.807) is 12.1 Å². The number of carbonyl (C=O) groups excluding carboxylic acids is 1. The van der Waals surface area contributed by atoms with E-state index < -0.39 is 0 Å². The highest BCUT2D eigenvalue weighted by atomic mass is 16.5. The quantitative estimate of drug-likeness (QED) is 0.876. The standard InChI is InChI=1S/C22H28N4O2/c1-25-22(27)18-8-5-15-11-12-23-26(13-14-3-6-16(28-2)7-4-14)21(15)17-9-10-19(24-25)20(17)18/h3-4,6-7,11-12,17-21,24H,5,8-10,13H2,1-2H3. The summed E-state index contributed by atoms with van der Waals surface area (Å²) < 4.78 is 5.28. The van der Waals surface area contributed by atoms with Crippen molar-refractivity contribution in [3.63, 3.8) is 0 Å². The smallest absolute Gasteiger partial charge is 0.239 e. The molecule has 5 rings (SSSR count). The normalized spacial score (nSPS) is 33.9. The van der Waals surface area contributed by atoms with Crippen LogP contribution in [0.5, 0.6) is 5.75 Å². The van der Waals surface area contributed by atoms with E-state index in [9.17, 15) is 4.79 Å². The topological polar surface area (TPSA) is 57.2 Å². The lowest BCUT2D eigenvalue weighted by molar-refractivity contribution is -0.147. The van der Waals surface area contributed by atoms with Crippen LogP contribution in [0.1, 0.15) is 31.2 Å². The summed E-state index contributed by atoms with van der Waals surface area (Å²) in [5, 5.41) is 8.77. The molecule has 0 spiro atoms. The van der Waals surface area contributed by atoms with Gasteiger partial charge in [0.25, 0.3) is 0 Å². The first-order chi connectivity index (χ1) is 13.7. The average molecular weight is 380 g/mol. The highest BCUT2D eigenvalue weighted by Crippen LogP contribution is 2.50. The van der Waals surface area contributed by atoms with Gasteiger partial charge in [0.15, 0.2) is 0 Å². The number of ether oxygens (including phenoxy) is 1. The number of hydrogen-bond acceptors (Lipinski definition) is 5. The average Bonchev–Trinajstić information content (AvgIpc) is 3.03. The number of amides is 1. The van der Waals surface area contributed by atoms with Crippen molar-refractivity contribution >= 4 is 12.1 Å². The van der Waals surface area contributed by atoms with E-state index >= 15 is 0 Å². The number of nitrogens with zero attached hydrogens (tertiary/aromatic N) is 3. The van der Waals surface area contributed by atoms with E-state index in [-0.39, 0.29) is 11.8 Å². The number of allylic oxidation sites excluding steroid dienone is 1. The first-order valence-electron chi connectivity index (χ1n) is 10.3. The maximum absolute atomic E-state index is 12.9. The van der Waals surface area contributed by atoms with Crippen LogP contribution in [-0.4, -0.2) is 48.4 Å². The van der Waals surface area contributed by atoms with Gasteiger partial charge in [-0.2, -0.15) is 5.10 Å². The van der Waals surface area contributed by atoms with Gasteiger partial charge >= 0.3 is 0 Å². The first-order valence-corrected chi connectivity index (χ1v) is 10.3. The Labute approximate surface area is 166 Å². The minimum absolute atomic E-state index is 0.137. The summed E-state index contributed by atoms with van der Waals surface area (Å²) in [6.45, 7) is 0.780. The molecule has 2 aliphatic heterocycles. The Bertz CT molecular complexity index is 818. The number of rotatable bonds is 3. The van der Waals surface area contributed by atoms with E-state index in [0.717, 1.165) is 38.0 Å². The molecule has 1 saturated heterocycles. The van der Waals surface area contributed by atoms with E-state index in [1.807, 2.05) is 25.4 Å². The lowest BCUT2D eigenvalue weighted by Gasteiger charge is -2.43. The van der Waals surface area contributed by atoms with Gasteiger partial charge in [-0.05, 0) is 66.9 Å². The van der Waals surface area contributed by atoms with Gasteiger partial charge in [-0.3, -0.25) is 14.8 Å². The van der Waals surface area contributed by atoms with Crippen molar-refractivity contribution in [1.82, 2.24) is 15.4 Å². The third-order valence-electron chi connectivity index (χ3n) is 7.10. The Hall–Kier alpha value is -2.34. The van der Waals surface area contributed by atoms with Crippen molar-refractivity contribution < 1.29 is 9.53 Å². The third kappa shape index (κ3) is 2.82. The highest BCUT2D eigenvalue weighted by Gasteiger charge is 2.54. The van der Waals surface area contributed by atoms with Crippen LogP contribution in [0, 0.1) is 17.8 Å². The number of hydrogen-bond donors (Lipinski definition) is 1. The minimum Gasteiger partial charge on any atom is -0.497 e. The molecule has 0 aromatic heterocycles. The fourth-order valence-electron chi connectivity index (χ4n) is 5.88. The van der Waals surface area contributed by atoms with Gasteiger partial charge in [0, 0.05) is 25.2 Å². The fraction of sp³-hybridized carbons (Fsp3) is 0.545. The third-order valence-corrected chi connectivity index (χ3v) is 7.10. The molecule has 1 amide bonds. The van der Waals surface area contributed by atoms with Gasteiger partial charge in [0.2, 0.25) is 5.91 Å². The van der Waals surface area contributed by atoms with Crippen LogP contribution >= 0.6 is 0 Å². The van der Waals surface area contributed by atoms with Crippen molar-refractivity contribution in [2.24, 2.45) is 22.9 Å². The summed E-state index contributed by atoms with van der Waals surface area (Å²) in [6.07, 6.45) is 8.35. The number of fused-ring (bicyclic) bond motifs is 2. The predicted octanol–water partition coefficient (Wildman–Crippen LogP) is 2.57. The Morgan fingerprint density at radius 1 is 1.21 bits per heavy atom. The number of nitrogens with one attached hydrogen (secondary N) is 1. The summed E-state index contributed by atoms with van der Waals surface area (Å²) >= 11 is 0. The van der Waals surface area contributed by atoms with E-state index in [4.69, 9.17) is 9.84 Å². The number of carbonyl (C=O) groups is 1. The molecule has 1 aromatic carbocycles. The van der Waals surface area contributed by atoms with Crippen molar-refractivity contribution in [3.8, 4) is 5.75 Å². The Balaban J connectivity index is 1.44. The molecule has 2 aliphatic carbocycles. The number of hydrazone groups is 1. The monoisotopic (exact) mass is 380 g/mol. The molecule has 4 aliphatic rings. The van der Waals surface area contributed by atoms with Crippen LogP contribution in [-0.2, 0) is 11.3 Å². The van der Waals surface area contributed by atoms with Crippen LogP contribution in [0.2, 0.25) is 0 Å². The van der Waals surface area contributed by atoms with Crippen LogP contribution < -0.4 is 10.2 Å². The molecule has 0 bridgehead atoms. The Morgan fingerprint density at radius 2 is 2.04 bits per heavy atom. The maximum atomic E-state index is 12.9.